The molecule has 0 aliphatic carbocycles. The number of carboxylic acid groups (broad SMARTS) is 1. The molecule has 0 aliphatic rings. The second-order valence-corrected chi connectivity index (χ2v) is 5.52. The van der Waals surface area contributed by atoms with Crippen molar-refractivity contribution in [3.63, 3.8) is 0 Å². The monoisotopic (exact) mass is 334 g/mol. The average molecular weight is 334 g/mol. The van der Waals surface area contributed by atoms with Gasteiger partial charge in [-0.3, -0.25) is 0 Å². The molecule has 0 aromatic heterocycles. The zero-order chi connectivity index (χ0) is 17.6. The van der Waals surface area contributed by atoms with E-state index in [1.54, 1.807) is 12.1 Å². The molecule has 0 saturated carbocycles. The predicted molar refractivity (Wildman–Crippen MR) is 96.2 cm³/mol. The minimum absolute atomic E-state index is 0.206. The summed E-state index contributed by atoms with van der Waals surface area (Å²) in [6, 6.07) is 22.3. The van der Waals surface area contributed by atoms with E-state index >= 15 is 0 Å². The number of methoxy groups -OCH3 is 1. The molecule has 4 heteroatoms. The standard InChI is InChI=1S/C21H18O4/c1-24-18-11-12-19(20(13-18)21(22)23)16-7-9-17(10-8-16)25-14-15-5-3-2-4-6-15/h2-13H,14H2,1H3,(H,22,23). The Morgan fingerprint density at radius 2 is 1.60 bits per heavy atom. The Hall–Kier alpha value is -3.27. The second kappa shape index (κ2) is 7.53. The summed E-state index contributed by atoms with van der Waals surface area (Å²) in [5.41, 5.74) is 2.75. The number of rotatable bonds is 6. The first kappa shape index (κ1) is 16.6. The third-order valence-corrected chi connectivity index (χ3v) is 3.87. The average Bonchev–Trinajstić information content (AvgIpc) is 2.67. The highest BCUT2D eigenvalue weighted by Gasteiger charge is 2.13. The normalized spacial score (nSPS) is 10.3. The van der Waals surface area contributed by atoms with Crippen molar-refractivity contribution in [2.45, 2.75) is 6.61 Å². The molecule has 0 radical (unpaired) electrons. The van der Waals surface area contributed by atoms with E-state index in [0.29, 0.717) is 17.9 Å². The number of benzene rings is 3. The van der Waals surface area contributed by atoms with Crippen LogP contribution in [0.2, 0.25) is 0 Å². The van der Waals surface area contributed by atoms with Gasteiger partial charge in [0.05, 0.1) is 12.7 Å². The smallest absolute Gasteiger partial charge is 0.336 e. The van der Waals surface area contributed by atoms with E-state index in [-0.39, 0.29) is 5.56 Å². The first-order chi connectivity index (χ1) is 12.2. The molecule has 0 bridgehead atoms. The van der Waals surface area contributed by atoms with E-state index in [1.807, 2.05) is 54.6 Å². The molecule has 0 amide bonds. The fraction of sp³-hybridized carbons (Fsp3) is 0.0952. The Labute approximate surface area is 146 Å². The number of ether oxygens (including phenoxy) is 2. The van der Waals surface area contributed by atoms with E-state index in [2.05, 4.69) is 0 Å². The third-order valence-electron chi connectivity index (χ3n) is 3.87. The lowest BCUT2D eigenvalue weighted by Gasteiger charge is -2.10. The molecule has 3 rings (SSSR count). The van der Waals surface area contributed by atoms with Crippen LogP contribution >= 0.6 is 0 Å². The van der Waals surface area contributed by atoms with Crippen molar-refractivity contribution >= 4 is 5.97 Å². The van der Waals surface area contributed by atoms with Crippen molar-refractivity contribution in [1.29, 1.82) is 0 Å². The van der Waals surface area contributed by atoms with Crippen LogP contribution in [-0.4, -0.2) is 18.2 Å². The molecule has 0 fully saturated rings. The number of carboxylic acids is 1. The van der Waals surface area contributed by atoms with E-state index in [4.69, 9.17) is 9.47 Å². The van der Waals surface area contributed by atoms with Gasteiger partial charge in [0, 0.05) is 0 Å². The highest BCUT2D eigenvalue weighted by molar-refractivity contribution is 5.96. The molecule has 126 valence electrons. The lowest BCUT2D eigenvalue weighted by Crippen LogP contribution is -2.00. The van der Waals surface area contributed by atoms with Crippen molar-refractivity contribution in [3.8, 4) is 22.6 Å². The van der Waals surface area contributed by atoms with Crippen molar-refractivity contribution in [1.82, 2.24) is 0 Å². The van der Waals surface area contributed by atoms with Gasteiger partial charge in [-0.05, 0) is 47.0 Å². The molecule has 0 heterocycles. The first-order valence-electron chi connectivity index (χ1n) is 7.86. The second-order valence-electron chi connectivity index (χ2n) is 5.52. The molecule has 25 heavy (non-hydrogen) atoms. The van der Waals surface area contributed by atoms with Crippen LogP contribution in [0.4, 0.5) is 0 Å². The summed E-state index contributed by atoms with van der Waals surface area (Å²) in [7, 11) is 1.51. The molecule has 0 saturated heterocycles. The fourth-order valence-corrected chi connectivity index (χ4v) is 2.55. The first-order valence-corrected chi connectivity index (χ1v) is 7.86. The molecule has 3 aromatic rings. The lowest BCUT2D eigenvalue weighted by molar-refractivity contribution is 0.0697. The molecule has 0 unspecified atom stereocenters. The maximum Gasteiger partial charge on any atom is 0.336 e. The van der Waals surface area contributed by atoms with Crippen LogP contribution < -0.4 is 9.47 Å². The lowest BCUT2D eigenvalue weighted by atomic mass is 9.99. The van der Waals surface area contributed by atoms with Gasteiger partial charge in [0.25, 0.3) is 0 Å². The van der Waals surface area contributed by atoms with Crippen molar-refractivity contribution in [2.75, 3.05) is 7.11 Å². The van der Waals surface area contributed by atoms with Crippen LogP contribution in [-0.2, 0) is 6.61 Å². The van der Waals surface area contributed by atoms with Gasteiger partial charge >= 0.3 is 5.97 Å². The SMILES string of the molecule is COc1ccc(-c2ccc(OCc3ccccc3)cc2)c(C(=O)O)c1. The summed E-state index contributed by atoms with van der Waals surface area (Å²) in [4.78, 5) is 11.5. The van der Waals surface area contributed by atoms with E-state index in [0.717, 1.165) is 16.9 Å². The molecule has 4 nitrogen and oxygen atoms in total. The molecule has 0 aliphatic heterocycles. The Morgan fingerprint density at radius 1 is 0.920 bits per heavy atom. The number of hydrogen-bond donors (Lipinski definition) is 1. The summed E-state index contributed by atoms with van der Waals surface area (Å²) < 4.78 is 10.9. The van der Waals surface area contributed by atoms with Gasteiger partial charge in [-0.1, -0.05) is 42.5 Å². The largest absolute Gasteiger partial charge is 0.497 e. The third kappa shape index (κ3) is 3.98. The van der Waals surface area contributed by atoms with Crippen LogP contribution in [0.15, 0.2) is 72.8 Å². The topological polar surface area (TPSA) is 55.8 Å². The molecule has 1 N–H and O–H groups in total. The Morgan fingerprint density at radius 3 is 2.24 bits per heavy atom. The van der Waals surface area contributed by atoms with Gasteiger partial charge in [-0.15, -0.1) is 0 Å². The highest BCUT2D eigenvalue weighted by Crippen LogP contribution is 2.29. The molecule has 0 spiro atoms. The summed E-state index contributed by atoms with van der Waals surface area (Å²) >= 11 is 0. The van der Waals surface area contributed by atoms with Crippen LogP contribution in [0, 0.1) is 0 Å². The predicted octanol–water partition coefficient (Wildman–Crippen LogP) is 4.64. The summed E-state index contributed by atoms with van der Waals surface area (Å²) in [6.07, 6.45) is 0. The van der Waals surface area contributed by atoms with Gasteiger partial charge in [0.15, 0.2) is 0 Å². The number of carbonyl (C=O) groups is 1. The van der Waals surface area contributed by atoms with Gasteiger partial charge in [-0.25, -0.2) is 4.79 Å². The van der Waals surface area contributed by atoms with Gasteiger partial charge in [-0.2, -0.15) is 0 Å². The summed E-state index contributed by atoms with van der Waals surface area (Å²) in [5.74, 6) is 0.264. The van der Waals surface area contributed by atoms with Crippen LogP contribution in [0.25, 0.3) is 11.1 Å². The maximum absolute atomic E-state index is 11.5. The minimum Gasteiger partial charge on any atom is -0.497 e. The number of hydrogen-bond acceptors (Lipinski definition) is 3. The van der Waals surface area contributed by atoms with Crippen molar-refractivity contribution in [3.05, 3.63) is 83.9 Å². The summed E-state index contributed by atoms with van der Waals surface area (Å²) in [6.45, 7) is 0.489. The maximum atomic E-state index is 11.5. The summed E-state index contributed by atoms with van der Waals surface area (Å²) in [5, 5.41) is 9.43. The Kier molecular flexibility index (Phi) is 5.00. The van der Waals surface area contributed by atoms with Gasteiger partial charge < -0.3 is 14.6 Å². The van der Waals surface area contributed by atoms with E-state index in [1.165, 1.54) is 13.2 Å². The molecule has 3 aromatic carbocycles. The fourth-order valence-electron chi connectivity index (χ4n) is 2.55. The Bertz CT molecular complexity index is 855. The van der Waals surface area contributed by atoms with Crippen LogP contribution in [0.1, 0.15) is 15.9 Å². The molecular weight excluding hydrogens is 316 g/mol. The Balaban J connectivity index is 1.79. The van der Waals surface area contributed by atoms with Crippen LogP contribution in [0.5, 0.6) is 11.5 Å². The van der Waals surface area contributed by atoms with E-state index < -0.39 is 5.97 Å². The van der Waals surface area contributed by atoms with Crippen LogP contribution in [0.3, 0.4) is 0 Å². The molecular formula is C21H18O4. The van der Waals surface area contributed by atoms with Crippen molar-refractivity contribution in [2.24, 2.45) is 0 Å². The van der Waals surface area contributed by atoms with Crippen molar-refractivity contribution < 1.29 is 19.4 Å². The quantitative estimate of drug-likeness (QED) is 0.713. The zero-order valence-corrected chi connectivity index (χ0v) is 13.8. The highest BCUT2D eigenvalue weighted by atomic mass is 16.5. The minimum atomic E-state index is -0.988. The molecule has 0 atom stereocenters. The van der Waals surface area contributed by atoms with Gasteiger partial charge in [0.2, 0.25) is 0 Å². The van der Waals surface area contributed by atoms with Gasteiger partial charge in [0.1, 0.15) is 18.1 Å². The zero-order valence-electron chi connectivity index (χ0n) is 13.8. The van der Waals surface area contributed by atoms with E-state index in [9.17, 15) is 9.90 Å². The number of aromatic carboxylic acids is 1.